The van der Waals surface area contributed by atoms with Crippen LogP contribution in [-0.2, 0) is 9.47 Å². The summed E-state index contributed by atoms with van der Waals surface area (Å²) in [6.07, 6.45) is 0. The Labute approximate surface area is 118 Å². The van der Waals surface area contributed by atoms with Crippen LogP contribution in [0.5, 0.6) is 5.75 Å². The third-order valence-corrected chi connectivity index (χ3v) is 2.73. The van der Waals surface area contributed by atoms with Gasteiger partial charge in [-0.2, -0.15) is 8.78 Å². The first-order chi connectivity index (χ1) is 9.65. The lowest BCUT2D eigenvalue weighted by atomic mass is 10.1. The molecule has 0 radical (unpaired) electrons. The molecular formula is C14H21F2NO3. The van der Waals surface area contributed by atoms with E-state index in [-0.39, 0.29) is 11.8 Å². The number of nitrogens with one attached hydrogen (secondary N) is 1. The summed E-state index contributed by atoms with van der Waals surface area (Å²) in [7, 11) is 1.61. The summed E-state index contributed by atoms with van der Waals surface area (Å²) in [5.41, 5.74) is 0.699. The fourth-order valence-electron chi connectivity index (χ4n) is 1.74. The van der Waals surface area contributed by atoms with Crippen molar-refractivity contribution in [2.75, 3.05) is 33.5 Å². The van der Waals surface area contributed by atoms with Crippen LogP contribution in [0.1, 0.15) is 18.5 Å². The van der Waals surface area contributed by atoms with Gasteiger partial charge in [0.2, 0.25) is 0 Å². The minimum absolute atomic E-state index is 0.101. The van der Waals surface area contributed by atoms with Gasteiger partial charge in [0.15, 0.2) is 0 Å². The van der Waals surface area contributed by atoms with Crippen LogP contribution in [-0.4, -0.2) is 40.1 Å². The lowest BCUT2D eigenvalue weighted by molar-refractivity contribution is -0.0506. The van der Waals surface area contributed by atoms with Gasteiger partial charge in [0, 0.05) is 25.3 Å². The molecule has 1 unspecified atom stereocenters. The second-order valence-corrected chi connectivity index (χ2v) is 4.20. The summed E-state index contributed by atoms with van der Waals surface area (Å²) in [5, 5.41) is 3.20. The van der Waals surface area contributed by atoms with Crippen molar-refractivity contribution in [3.05, 3.63) is 29.8 Å². The van der Waals surface area contributed by atoms with Gasteiger partial charge in [0.05, 0.1) is 19.8 Å². The van der Waals surface area contributed by atoms with Gasteiger partial charge in [-0.3, -0.25) is 0 Å². The molecular weight excluding hydrogens is 268 g/mol. The second kappa shape index (κ2) is 9.63. The molecule has 0 aromatic heterocycles. The van der Waals surface area contributed by atoms with Crippen molar-refractivity contribution in [1.29, 1.82) is 0 Å². The normalized spacial score (nSPS) is 12.7. The second-order valence-electron chi connectivity index (χ2n) is 4.20. The first kappa shape index (κ1) is 16.8. The number of methoxy groups -OCH3 is 1. The van der Waals surface area contributed by atoms with Crippen LogP contribution in [0.2, 0.25) is 0 Å². The molecule has 0 heterocycles. The van der Waals surface area contributed by atoms with Crippen LogP contribution in [0.15, 0.2) is 24.3 Å². The van der Waals surface area contributed by atoms with E-state index in [0.717, 1.165) is 0 Å². The van der Waals surface area contributed by atoms with E-state index < -0.39 is 6.61 Å². The van der Waals surface area contributed by atoms with Gasteiger partial charge in [-0.15, -0.1) is 0 Å². The number of rotatable bonds is 10. The number of ether oxygens (including phenoxy) is 3. The maximum absolute atomic E-state index is 12.3. The quantitative estimate of drug-likeness (QED) is 0.672. The van der Waals surface area contributed by atoms with Crippen molar-refractivity contribution >= 4 is 0 Å². The third-order valence-electron chi connectivity index (χ3n) is 2.73. The van der Waals surface area contributed by atoms with Gasteiger partial charge in [-0.25, -0.2) is 0 Å². The maximum atomic E-state index is 12.3. The molecule has 0 amide bonds. The third kappa shape index (κ3) is 6.27. The van der Waals surface area contributed by atoms with Crippen molar-refractivity contribution in [3.63, 3.8) is 0 Å². The van der Waals surface area contributed by atoms with E-state index in [4.69, 9.17) is 9.47 Å². The van der Waals surface area contributed by atoms with Gasteiger partial charge < -0.3 is 19.5 Å². The van der Waals surface area contributed by atoms with E-state index in [1.807, 2.05) is 6.92 Å². The Bertz CT molecular complexity index is 377. The van der Waals surface area contributed by atoms with E-state index in [1.165, 1.54) is 6.07 Å². The largest absolute Gasteiger partial charge is 0.434 e. The number of halogens is 2. The van der Waals surface area contributed by atoms with Gasteiger partial charge in [0.25, 0.3) is 0 Å². The van der Waals surface area contributed by atoms with Crippen molar-refractivity contribution in [3.8, 4) is 5.75 Å². The van der Waals surface area contributed by atoms with E-state index >= 15 is 0 Å². The molecule has 1 N–H and O–H groups in total. The fourth-order valence-corrected chi connectivity index (χ4v) is 1.74. The fraction of sp³-hybridized carbons (Fsp3) is 0.571. The molecule has 4 nitrogen and oxygen atoms in total. The SMILES string of the molecule is COCCOCCNC(C)c1ccccc1OC(F)F. The lowest BCUT2D eigenvalue weighted by Crippen LogP contribution is -2.24. The summed E-state index contributed by atoms with van der Waals surface area (Å²) in [5.74, 6) is 0.197. The Morgan fingerprint density at radius 3 is 2.60 bits per heavy atom. The van der Waals surface area contributed by atoms with Crippen LogP contribution >= 0.6 is 0 Å². The van der Waals surface area contributed by atoms with E-state index in [1.54, 1.807) is 25.3 Å². The van der Waals surface area contributed by atoms with E-state index in [2.05, 4.69) is 10.1 Å². The number of alkyl halides is 2. The van der Waals surface area contributed by atoms with Gasteiger partial charge in [0.1, 0.15) is 5.75 Å². The Balaban J connectivity index is 2.40. The molecule has 1 atom stereocenters. The molecule has 114 valence electrons. The van der Waals surface area contributed by atoms with Gasteiger partial charge in [-0.1, -0.05) is 18.2 Å². The van der Waals surface area contributed by atoms with Crippen molar-refractivity contribution in [2.45, 2.75) is 19.6 Å². The summed E-state index contributed by atoms with van der Waals surface area (Å²) in [6.45, 7) is 1.32. The highest BCUT2D eigenvalue weighted by Crippen LogP contribution is 2.25. The Morgan fingerprint density at radius 2 is 1.90 bits per heavy atom. The molecule has 0 saturated heterocycles. The smallest absolute Gasteiger partial charge is 0.387 e. The van der Waals surface area contributed by atoms with Crippen LogP contribution in [0.3, 0.4) is 0 Å². The molecule has 1 rings (SSSR count). The topological polar surface area (TPSA) is 39.7 Å². The highest BCUT2D eigenvalue weighted by atomic mass is 19.3. The Hall–Kier alpha value is -1.24. The standard InChI is InChI=1S/C14H21F2NO3/c1-11(17-7-8-19-10-9-18-2)12-5-3-4-6-13(12)20-14(15)16/h3-6,11,14,17H,7-10H2,1-2H3. The molecule has 1 aromatic rings. The number of hydrogen-bond donors (Lipinski definition) is 1. The minimum Gasteiger partial charge on any atom is -0.434 e. The minimum atomic E-state index is -2.82. The predicted octanol–water partition coefficient (Wildman–Crippen LogP) is 2.60. The molecule has 0 saturated carbocycles. The molecule has 0 fully saturated rings. The van der Waals surface area contributed by atoms with E-state index in [9.17, 15) is 8.78 Å². The maximum Gasteiger partial charge on any atom is 0.387 e. The highest BCUT2D eigenvalue weighted by Gasteiger charge is 2.13. The summed E-state index contributed by atoms with van der Waals surface area (Å²) in [4.78, 5) is 0. The predicted molar refractivity (Wildman–Crippen MR) is 72.2 cm³/mol. The first-order valence-corrected chi connectivity index (χ1v) is 6.49. The Kier molecular flexibility index (Phi) is 8.10. The molecule has 6 heteroatoms. The zero-order valence-electron chi connectivity index (χ0n) is 11.8. The molecule has 1 aromatic carbocycles. The van der Waals surface area contributed by atoms with Crippen LogP contribution in [0, 0.1) is 0 Å². The zero-order chi connectivity index (χ0) is 14.8. The van der Waals surface area contributed by atoms with Gasteiger partial charge in [-0.05, 0) is 13.0 Å². The zero-order valence-corrected chi connectivity index (χ0v) is 11.8. The van der Waals surface area contributed by atoms with Crippen LogP contribution in [0.25, 0.3) is 0 Å². The van der Waals surface area contributed by atoms with Crippen LogP contribution < -0.4 is 10.1 Å². The van der Waals surface area contributed by atoms with Crippen molar-refractivity contribution in [1.82, 2.24) is 5.32 Å². The molecule has 0 aliphatic carbocycles. The van der Waals surface area contributed by atoms with Crippen LogP contribution in [0.4, 0.5) is 8.78 Å². The monoisotopic (exact) mass is 289 g/mol. The lowest BCUT2D eigenvalue weighted by Gasteiger charge is -2.18. The molecule has 20 heavy (non-hydrogen) atoms. The molecule has 0 aliphatic heterocycles. The summed E-state index contributed by atoms with van der Waals surface area (Å²) in [6, 6.07) is 6.66. The number of para-hydroxylation sites is 1. The molecule has 0 aliphatic rings. The number of hydrogen-bond acceptors (Lipinski definition) is 4. The molecule has 0 spiro atoms. The molecule has 0 bridgehead atoms. The Morgan fingerprint density at radius 1 is 1.15 bits per heavy atom. The summed E-state index contributed by atoms with van der Waals surface area (Å²) >= 11 is 0. The van der Waals surface area contributed by atoms with Gasteiger partial charge >= 0.3 is 6.61 Å². The van der Waals surface area contributed by atoms with Crippen molar-refractivity contribution in [2.24, 2.45) is 0 Å². The first-order valence-electron chi connectivity index (χ1n) is 6.49. The highest BCUT2D eigenvalue weighted by molar-refractivity contribution is 5.35. The number of benzene rings is 1. The average molecular weight is 289 g/mol. The van der Waals surface area contributed by atoms with E-state index in [0.29, 0.717) is 31.9 Å². The summed E-state index contributed by atoms with van der Waals surface area (Å²) < 4.78 is 39.3. The van der Waals surface area contributed by atoms with Crippen molar-refractivity contribution < 1.29 is 23.0 Å². The average Bonchev–Trinajstić information content (AvgIpc) is 2.42.